The second-order valence-corrected chi connectivity index (χ2v) is 15.1. The van der Waals surface area contributed by atoms with Crippen LogP contribution in [0.3, 0.4) is 0 Å². The van der Waals surface area contributed by atoms with Crippen molar-refractivity contribution in [3.05, 3.63) is 200 Å². The monoisotopic (exact) mass is 751 g/mol. The number of aromatic nitrogens is 5. The number of pyridine rings is 1. The van der Waals surface area contributed by atoms with E-state index in [1.807, 2.05) is 36.4 Å². The van der Waals surface area contributed by atoms with Crippen molar-refractivity contribution < 1.29 is 0 Å². The van der Waals surface area contributed by atoms with Gasteiger partial charge >= 0.3 is 0 Å². The summed E-state index contributed by atoms with van der Waals surface area (Å²) in [7, 11) is 0. The van der Waals surface area contributed by atoms with Crippen molar-refractivity contribution >= 4 is 65.0 Å². The number of benzene rings is 9. The fourth-order valence-electron chi connectivity index (χ4n) is 8.78. The van der Waals surface area contributed by atoms with E-state index in [0.717, 1.165) is 77.1 Å². The number of fused-ring (bicyclic) bond motifs is 8. The highest BCUT2D eigenvalue weighted by molar-refractivity contribution is 6.23. The van der Waals surface area contributed by atoms with Crippen molar-refractivity contribution in [2.24, 2.45) is 0 Å². The second-order valence-electron chi connectivity index (χ2n) is 15.1. The third-order valence-corrected chi connectivity index (χ3v) is 11.6. The van der Waals surface area contributed by atoms with Gasteiger partial charge in [0.25, 0.3) is 0 Å². The lowest BCUT2D eigenvalue weighted by atomic mass is 9.96. The molecule has 0 aliphatic carbocycles. The molecule has 0 N–H and O–H groups in total. The van der Waals surface area contributed by atoms with Crippen molar-refractivity contribution in [1.29, 1.82) is 0 Å². The summed E-state index contributed by atoms with van der Waals surface area (Å²) >= 11 is 0. The van der Waals surface area contributed by atoms with Crippen LogP contribution in [0, 0.1) is 0 Å². The van der Waals surface area contributed by atoms with Crippen molar-refractivity contribution in [1.82, 2.24) is 24.5 Å². The molecule has 3 heterocycles. The standard InChI is InChI=1S/C54H33N5/c1-3-16-36(17-4-1)52-56-53(37-18-5-2-6-19-37)58-54(57-52)43-23-13-25-48-50(43)46-32-44-42-22-11-12-24-47(42)55-51(40-27-26-34-14-7-9-20-38(34)30-40)45(44)33-49(46)59(48)41-29-28-35-15-8-10-21-39(35)31-41/h1-33H. The first-order chi connectivity index (χ1) is 29.2. The van der Waals surface area contributed by atoms with Gasteiger partial charge in [0.1, 0.15) is 0 Å². The molecule has 0 spiro atoms. The SMILES string of the molecule is c1ccc(-c2nc(-c3ccccc3)nc(-c3cccc4c3c3cc5c(cc3n4-c3ccc4ccccc4c3)c(-c3ccc4ccccc4c3)nc3ccccc35)n2)cc1. The van der Waals surface area contributed by atoms with Gasteiger partial charge in [-0.05, 0) is 69.4 Å². The quantitative estimate of drug-likeness (QED) is 0.164. The van der Waals surface area contributed by atoms with Gasteiger partial charge in [-0.2, -0.15) is 0 Å². The summed E-state index contributed by atoms with van der Waals surface area (Å²) in [6.07, 6.45) is 0. The topological polar surface area (TPSA) is 56.5 Å². The summed E-state index contributed by atoms with van der Waals surface area (Å²) in [5, 5.41) is 10.3. The molecule has 0 amide bonds. The third kappa shape index (κ3) is 5.47. The third-order valence-electron chi connectivity index (χ3n) is 11.6. The minimum absolute atomic E-state index is 0.623. The molecule has 9 aromatic carbocycles. The van der Waals surface area contributed by atoms with Crippen molar-refractivity contribution in [3.63, 3.8) is 0 Å². The van der Waals surface area contributed by atoms with Gasteiger partial charge in [-0.1, -0.05) is 158 Å². The molecule has 3 aromatic heterocycles. The first-order valence-corrected chi connectivity index (χ1v) is 19.9. The van der Waals surface area contributed by atoms with Crippen LogP contribution in [-0.2, 0) is 0 Å². The van der Waals surface area contributed by atoms with Gasteiger partial charge in [-0.3, -0.25) is 0 Å². The fourth-order valence-corrected chi connectivity index (χ4v) is 8.78. The molecule has 12 aromatic rings. The van der Waals surface area contributed by atoms with Crippen LogP contribution in [0.15, 0.2) is 200 Å². The highest BCUT2D eigenvalue weighted by atomic mass is 15.0. The summed E-state index contributed by atoms with van der Waals surface area (Å²) in [4.78, 5) is 20.9. The zero-order valence-electron chi connectivity index (χ0n) is 31.8. The largest absolute Gasteiger partial charge is 0.309 e. The Morgan fingerprint density at radius 1 is 0.322 bits per heavy atom. The number of para-hydroxylation sites is 1. The van der Waals surface area contributed by atoms with E-state index >= 15 is 0 Å². The maximum atomic E-state index is 5.39. The van der Waals surface area contributed by atoms with Gasteiger partial charge in [-0.25, -0.2) is 19.9 Å². The molecule has 0 radical (unpaired) electrons. The molecular formula is C54H33N5. The summed E-state index contributed by atoms with van der Waals surface area (Å²) in [5.74, 6) is 1.89. The lowest BCUT2D eigenvalue weighted by Crippen LogP contribution is -2.00. The number of rotatable bonds is 5. The second kappa shape index (κ2) is 13.3. The van der Waals surface area contributed by atoms with Crippen LogP contribution >= 0.6 is 0 Å². The maximum Gasteiger partial charge on any atom is 0.164 e. The minimum Gasteiger partial charge on any atom is -0.309 e. The highest BCUT2D eigenvalue weighted by Crippen LogP contribution is 2.43. The van der Waals surface area contributed by atoms with Crippen molar-refractivity contribution in [2.75, 3.05) is 0 Å². The minimum atomic E-state index is 0.623. The van der Waals surface area contributed by atoms with E-state index in [9.17, 15) is 0 Å². The van der Waals surface area contributed by atoms with Gasteiger partial charge in [0.05, 0.1) is 22.2 Å². The molecule has 0 aliphatic heterocycles. The van der Waals surface area contributed by atoms with E-state index in [2.05, 4.69) is 168 Å². The first-order valence-electron chi connectivity index (χ1n) is 19.9. The molecule has 0 saturated carbocycles. The predicted octanol–water partition coefficient (Wildman–Crippen LogP) is 13.6. The Balaban J connectivity index is 1.21. The molecule has 59 heavy (non-hydrogen) atoms. The summed E-state index contributed by atoms with van der Waals surface area (Å²) in [6, 6.07) is 70.5. The summed E-state index contributed by atoms with van der Waals surface area (Å²) in [5.41, 5.74) is 9.03. The molecular weight excluding hydrogens is 719 g/mol. The average molecular weight is 752 g/mol. The van der Waals surface area contributed by atoms with Crippen LogP contribution in [0.2, 0.25) is 0 Å². The van der Waals surface area contributed by atoms with E-state index in [-0.39, 0.29) is 0 Å². The lowest BCUT2D eigenvalue weighted by Gasteiger charge is -2.13. The van der Waals surface area contributed by atoms with E-state index in [4.69, 9.17) is 19.9 Å². The average Bonchev–Trinajstić information content (AvgIpc) is 3.64. The molecule has 0 unspecified atom stereocenters. The smallest absolute Gasteiger partial charge is 0.164 e. The first kappa shape index (κ1) is 33.2. The molecule has 5 nitrogen and oxygen atoms in total. The Morgan fingerprint density at radius 3 is 1.66 bits per heavy atom. The van der Waals surface area contributed by atoms with Crippen molar-refractivity contribution in [3.8, 4) is 51.1 Å². The summed E-state index contributed by atoms with van der Waals surface area (Å²) < 4.78 is 2.40. The van der Waals surface area contributed by atoms with Crippen LogP contribution in [-0.4, -0.2) is 24.5 Å². The zero-order valence-corrected chi connectivity index (χ0v) is 31.8. The van der Waals surface area contributed by atoms with E-state index in [1.54, 1.807) is 0 Å². The van der Waals surface area contributed by atoms with Gasteiger partial charge < -0.3 is 4.57 Å². The molecule has 0 saturated heterocycles. The van der Waals surface area contributed by atoms with Crippen LogP contribution in [0.25, 0.3) is 116 Å². The summed E-state index contributed by atoms with van der Waals surface area (Å²) in [6.45, 7) is 0. The number of hydrogen-bond donors (Lipinski definition) is 0. The Kier molecular flexibility index (Phi) is 7.47. The van der Waals surface area contributed by atoms with Gasteiger partial charge in [0.2, 0.25) is 0 Å². The molecule has 0 aliphatic rings. The molecule has 0 atom stereocenters. The molecule has 12 rings (SSSR count). The van der Waals surface area contributed by atoms with Gasteiger partial charge in [0, 0.05) is 49.5 Å². The maximum absolute atomic E-state index is 5.39. The highest BCUT2D eigenvalue weighted by Gasteiger charge is 2.22. The Labute approximate surface area is 339 Å². The Bertz CT molecular complexity index is 3550. The van der Waals surface area contributed by atoms with E-state index < -0.39 is 0 Å². The van der Waals surface area contributed by atoms with Crippen LogP contribution in [0.4, 0.5) is 0 Å². The Hall–Kier alpha value is -8.02. The molecule has 0 fully saturated rings. The Morgan fingerprint density at radius 2 is 0.932 bits per heavy atom. The lowest BCUT2D eigenvalue weighted by molar-refractivity contribution is 1.08. The van der Waals surface area contributed by atoms with Crippen molar-refractivity contribution in [2.45, 2.75) is 0 Å². The normalized spacial score (nSPS) is 11.7. The number of nitrogens with zero attached hydrogens (tertiary/aromatic N) is 5. The van der Waals surface area contributed by atoms with E-state index in [1.165, 1.54) is 21.5 Å². The molecule has 274 valence electrons. The number of hydrogen-bond acceptors (Lipinski definition) is 4. The molecule has 0 bridgehead atoms. The zero-order chi connectivity index (χ0) is 38.9. The molecule has 5 heteroatoms. The fraction of sp³-hybridized carbons (Fsp3) is 0. The van der Waals surface area contributed by atoms with Gasteiger partial charge in [0.15, 0.2) is 17.5 Å². The van der Waals surface area contributed by atoms with Crippen LogP contribution in [0.5, 0.6) is 0 Å². The van der Waals surface area contributed by atoms with Crippen LogP contribution in [0.1, 0.15) is 0 Å². The van der Waals surface area contributed by atoms with Crippen LogP contribution < -0.4 is 0 Å². The predicted molar refractivity (Wildman–Crippen MR) is 244 cm³/mol. The van der Waals surface area contributed by atoms with E-state index in [0.29, 0.717) is 17.5 Å². The van der Waals surface area contributed by atoms with Gasteiger partial charge in [-0.15, -0.1) is 0 Å².